The quantitative estimate of drug-likeness (QED) is 0.622. The second-order valence-electron chi connectivity index (χ2n) is 5.52. The van der Waals surface area contributed by atoms with E-state index >= 15 is 0 Å². The lowest BCUT2D eigenvalue weighted by Crippen LogP contribution is -2.37. The number of likely N-dealkylation sites (tertiary alicyclic amines) is 1. The van der Waals surface area contributed by atoms with Crippen molar-refractivity contribution >= 4 is 0 Å². The summed E-state index contributed by atoms with van der Waals surface area (Å²) in [7, 11) is 0. The second-order valence-corrected chi connectivity index (χ2v) is 5.52. The fourth-order valence-corrected chi connectivity index (χ4v) is 2.67. The van der Waals surface area contributed by atoms with Crippen LogP contribution >= 0.6 is 0 Å². The maximum atomic E-state index is 3.65. The molecule has 0 aromatic heterocycles. The van der Waals surface area contributed by atoms with Crippen LogP contribution in [0.2, 0.25) is 0 Å². The molecule has 17 heavy (non-hydrogen) atoms. The lowest BCUT2D eigenvalue weighted by Gasteiger charge is -2.26. The summed E-state index contributed by atoms with van der Waals surface area (Å²) in [6, 6.07) is 0. The van der Waals surface area contributed by atoms with Gasteiger partial charge in [-0.15, -0.1) is 0 Å². The van der Waals surface area contributed by atoms with Gasteiger partial charge in [0, 0.05) is 13.1 Å². The van der Waals surface area contributed by atoms with Crippen LogP contribution < -0.4 is 5.32 Å². The SMILES string of the molecule is CCCCC(CC)CNCCN1CCCCC1. The van der Waals surface area contributed by atoms with Crippen LogP contribution in [-0.2, 0) is 0 Å². The molecule has 2 heteroatoms. The molecule has 0 aromatic rings. The number of nitrogens with zero attached hydrogens (tertiary/aromatic N) is 1. The van der Waals surface area contributed by atoms with Crippen molar-refractivity contribution in [1.82, 2.24) is 10.2 Å². The molecule has 1 unspecified atom stereocenters. The van der Waals surface area contributed by atoms with Crippen molar-refractivity contribution in [3.8, 4) is 0 Å². The topological polar surface area (TPSA) is 15.3 Å². The summed E-state index contributed by atoms with van der Waals surface area (Å²) in [4.78, 5) is 2.61. The molecular weight excluding hydrogens is 208 g/mol. The third-order valence-electron chi connectivity index (χ3n) is 4.03. The van der Waals surface area contributed by atoms with E-state index in [-0.39, 0.29) is 0 Å². The smallest absolute Gasteiger partial charge is 0.0107 e. The van der Waals surface area contributed by atoms with Crippen molar-refractivity contribution in [2.45, 2.75) is 58.8 Å². The average Bonchev–Trinajstić information content (AvgIpc) is 2.39. The Hall–Kier alpha value is -0.0800. The highest BCUT2D eigenvalue weighted by Crippen LogP contribution is 2.11. The van der Waals surface area contributed by atoms with Gasteiger partial charge in [0.05, 0.1) is 0 Å². The van der Waals surface area contributed by atoms with Gasteiger partial charge in [-0.1, -0.05) is 39.5 Å². The van der Waals surface area contributed by atoms with Crippen molar-refractivity contribution in [2.75, 3.05) is 32.7 Å². The summed E-state index contributed by atoms with van der Waals surface area (Å²) in [5, 5.41) is 3.65. The largest absolute Gasteiger partial charge is 0.315 e. The van der Waals surface area contributed by atoms with E-state index in [9.17, 15) is 0 Å². The molecule has 1 N–H and O–H groups in total. The molecule has 0 radical (unpaired) electrons. The maximum Gasteiger partial charge on any atom is 0.0107 e. The first kappa shape index (κ1) is 15.0. The van der Waals surface area contributed by atoms with Crippen molar-refractivity contribution < 1.29 is 0 Å². The molecule has 1 rings (SSSR count). The average molecular weight is 240 g/mol. The summed E-state index contributed by atoms with van der Waals surface area (Å²) in [5.74, 6) is 0.899. The Bertz CT molecular complexity index is 164. The van der Waals surface area contributed by atoms with Crippen LogP contribution in [0.5, 0.6) is 0 Å². The van der Waals surface area contributed by atoms with Crippen molar-refractivity contribution in [3.63, 3.8) is 0 Å². The zero-order chi connectivity index (χ0) is 12.3. The Labute approximate surface area is 108 Å². The van der Waals surface area contributed by atoms with E-state index in [1.165, 1.54) is 77.7 Å². The number of piperidine rings is 1. The van der Waals surface area contributed by atoms with Crippen LogP contribution in [0.25, 0.3) is 0 Å². The molecule has 0 aliphatic carbocycles. The number of unbranched alkanes of at least 4 members (excludes halogenated alkanes) is 1. The first-order chi connectivity index (χ1) is 8.36. The van der Waals surface area contributed by atoms with Gasteiger partial charge in [0.2, 0.25) is 0 Å². The second kappa shape index (κ2) is 9.90. The minimum Gasteiger partial charge on any atom is -0.315 e. The van der Waals surface area contributed by atoms with Gasteiger partial charge in [0.25, 0.3) is 0 Å². The Kier molecular flexibility index (Phi) is 8.72. The monoisotopic (exact) mass is 240 g/mol. The molecule has 2 nitrogen and oxygen atoms in total. The summed E-state index contributed by atoms with van der Waals surface area (Å²) < 4.78 is 0. The molecule has 102 valence electrons. The van der Waals surface area contributed by atoms with Crippen LogP contribution in [0.1, 0.15) is 58.8 Å². The Morgan fingerprint density at radius 2 is 1.88 bits per heavy atom. The molecule has 1 saturated heterocycles. The molecule has 1 fully saturated rings. The van der Waals surface area contributed by atoms with E-state index in [0.717, 1.165) is 5.92 Å². The van der Waals surface area contributed by atoms with E-state index < -0.39 is 0 Å². The van der Waals surface area contributed by atoms with Crippen LogP contribution in [-0.4, -0.2) is 37.6 Å². The third kappa shape index (κ3) is 7.05. The van der Waals surface area contributed by atoms with Gasteiger partial charge in [-0.05, 0) is 44.8 Å². The zero-order valence-electron chi connectivity index (χ0n) is 12.0. The number of rotatable bonds is 9. The molecule has 0 amide bonds. The van der Waals surface area contributed by atoms with Gasteiger partial charge in [-0.25, -0.2) is 0 Å². The van der Waals surface area contributed by atoms with Crippen molar-refractivity contribution in [1.29, 1.82) is 0 Å². The zero-order valence-corrected chi connectivity index (χ0v) is 12.0. The molecule has 1 aliphatic rings. The molecule has 0 saturated carbocycles. The summed E-state index contributed by atoms with van der Waals surface area (Å²) in [6.45, 7) is 10.9. The molecule has 1 atom stereocenters. The van der Waals surface area contributed by atoms with E-state index in [4.69, 9.17) is 0 Å². The van der Waals surface area contributed by atoms with Gasteiger partial charge < -0.3 is 10.2 Å². The third-order valence-corrected chi connectivity index (χ3v) is 4.03. The van der Waals surface area contributed by atoms with Gasteiger partial charge in [-0.2, -0.15) is 0 Å². The van der Waals surface area contributed by atoms with E-state index in [0.29, 0.717) is 0 Å². The van der Waals surface area contributed by atoms with Crippen molar-refractivity contribution in [2.24, 2.45) is 5.92 Å². The minimum atomic E-state index is 0.899. The molecule has 0 bridgehead atoms. The predicted octanol–water partition coefficient (Wildman–Crippen LogP) is 3.28. The first-order valence-electron chi connectivity index (χ1n) is 7.79. The van der Waals surface area contributed by atoms with E-state index in [1.807, 2.05) is 0 Å². The summed E-state index contributed by atoms with van der Waals surface area (Å²) >= 11 is 0. The Balaban J connectivity index is 1.97. The summed E-state index contributed by atoms with van der Waals surface area (Å²) in [6.07, 6.45) is 9.73. The lowest BCUT2D eigenvalue weighted by molar-refractivity contribution is 0.227. The van der Waals surface area contributed by atoms with Gasteiger partial charge in [0.1, 0.15) is 0 Å². The molecule has 0 spiro atoms. The van der Waals surface area contributed by atoms with Gasteiger partial charge in [-0.3, -0.25) is 0 Å². The molecular formula is C15H32N2. The number of hydrogen-bond acceptors (Lipinski definition) is 2. The normalized spacial score (nSPS) is 19.4. The van der Waals surface area contributed by atoms with Gasteiger partial charge in [0.15, 0.2) is 0 Å². The van der Waals surface area contributed by atoms with E-state index in [2.05, 4.69) is 24.1 Å². The molecule has 0 aromatic carbocycles. The Morgan fingerprint density at radius 1 is 1.12 bits per heavy atom. The van der Waals surface area contributed by atoms with Crippen LogP contribution in [0, 0.1) is 5.92 Å². The lowest BCUT2D eigenvalue weighted by atomic mass is 9.99. The first-order valence-corrected chi connectivity index (χ1v) is 7.79. The maximum absolute atomic E-state index is 3.65. The van der Waals surface area contributed by atoms with Crippen LogP contribution in [0.15, 0.2) is 0 Å². The Morgan fingerprint density at radius 3 is 2.53 bits per heavy atom. The molecule has 1 heterocycles. The standard InChI is InChI=1S/C15H32N2/c1-3-5-9-15(4-2)14-16-10-13-17-11-7-6-8-12-17/h15-16H,3-14H2,1-2H3. The highest BCUT2D eigenvalue weighted by Gasteiger charge is 2.09. The number of nitrogens with one attached hydrogen (secondary N) is 1. The number of hydrogen-bond donors (Lipinski definition) is 1. The van der Waals surface area contributed by atoms with Crippen LogP contribution in [0.3, 0.4) is 0 Å². The predicted molar refractivity (Wildman–Crippen MR) is 76.5 cm³/mol. The highest BCUT2D eigenvalue weighted by molar-refractivity contribution is 4.67. The summed E-state index contributed by atoms with van der Waals surface area (Å²) in [5.41, 5.74) is 0. The van der Waals surface area contributed by atoms with Crippen LogP contribution in [0.4, 0.5) is 0 Å². The fourth-order valence-electron chi connectivity index (χ4n) is 2.67. The fraction of sp³-hybridized carbons (Fsp3) is 1.00. The van der Waals surface area contributed by atoms with E-state index in [1.54, 1.807) is 0 Å². The molecule has 1 aliphatic heterocycles. The van der Waals surface area contributed by atoms with Gasteiger partial charge >= 0.3 is 0 Å². The highest BCUT2D eigenvalue weighted by atomic mass is 15.1. The minimum absolute atomic E-state index is 0.899. The van der Waals surface area contributed by atoms with Crippen molar-refractivity contribution in [3.05, 3.63) is 0 Å².